The maximum Gasteiger partial charge on any atom is 0.339 e. The SMILES string of the molecule is CC(C)=CC(=O)Nc1sc2c(c1C(=O)O)CCCC2. The number of hydrogen-bond acceptors (Lipinski definition) is 3. The Morgan fingerprint density at radius 2 is 1.95 bits per heavy atom. The molecular weight excluding hydrogens is 262 g/mol. The summed E-state index contributed by atoms with van der Waals surface area (Å²) in [4.78, 5) is 24.2. The Bertz CT molecular complexity index is 553. The summed E-state index contributed by atoms with van der Waals surface area (Å²) in [5, 5.41) is 12.5. The van der Waals surface area contributed by atoms with Crippen molar-refractivity contribution < 1.29 is 14.7 Å². The molecule has 5 heteroatoms. The van der Waals surface area contributed by atoms with Crippen LogP contribution in [0.3, 0.4) is 0 Å². The van der Waals surface area contributed by atoms with Gasteiger partial charge in [-0.15, -0.1) is 11.3 Å². The molecule has 1 heterocycles. The molecule has 1 aromatic rings. The minimum atomic E-state index is -0.952. The fourth-order valence-corrected chi connectivity index (χ4v) is 3.57. The van der Waals surface area contributed by atoms with E-state index in [0.717, 1.165) is 41.7 Å². The molecule has 0 radical (unpaired) electrons. The Labute approximate surface area is 116 Å². The molecule has 0 aliphatic heterocycles. The van der Waals surface area contributed by atoms with E-state index in [1.54, 1.807) is 0 Å². The number of hydrogen-bond donors (Lipinski definition) is 2. The second-order valence-corrected chi connectivity index (χ2v) is 6.04. The van der Waals surface area contributed by atoms with Crippen LogP contribution in [0.1, 0.15) is 47.5 Å². The second-order valence-electron chi connectivity index (χ2n) is 4.93. The molecule has 1 amide bonds. The van der Waals surface area contributed by atoms with E-state index in [4.69, 9.17) is 0 Å². The van der Waals surface area contributed by atoms with Crippen LogP contribution in [0.5, 0.6) is 0 Å². The van der Waals surface area contributed by atoms with Crippen molar-refractivity contribution in [2.45, 2.75) is 39.5 Å². The van der Waals surface area contributed by atoms with Crippen LogP contribution >= 0.6 is 11.3 Å². The topological polar surface area (TPSA) is 66.4 Å². The first kappa shape index (κ1) is 13.8. The number of carbonyl (C=O) groups excluding carboxylic acids is 1. The van der Waals surface area contributed by atoms with E-state index in [-0.39, 0.29) is 11.5 Å². The van der Waals surface area contributed by atoms with Gasteiger partial charge in [-0.3, -0.25) is 4.79 Å². The number of anilines is 1. The van der Waals surface area contributed by atoms with Crippen LogP contribution < -0.4 is 5.32 Å². The van der Waals surface area contributed by atoms with Gasteiger partial charge in [0.1, 0.15) is 5.00 Å². The van der Waals surface area contributed by atoms with Crippen molar-refractivity contribution in [3.05, 3.63) is 27.7 Å². The average molecular weight is 279 g/mol. The van der Waals surface area contributed by atoms with Crippen molar-refractivity contribution in [2.75, 3.05) is 5.32 Å². The normalized spacial score (nSPS) is 13.6. The van der Waals surface area contributed by atoms with Gasteiger partial charge in [0.05, 0.1) is 5.56 Å². The first-order valence-electron chi connectivity index (χ1n) is 6.32. The van der Waals surface area contributed by atoms with E-state index in [0.29, 0.717) is 5.00 Å². The van der Waals surface area contributed by atoms with Gasteiger partial charge >= 0.3 is 5.97 Å². The number of fused-ring (bicyclic) bond motifs is 1. The molecule has 1 aliphatic rings. The van der Waals surface area contributed by atoms with Gasteiger partial charge in [0.15, 0.2) is 0 Å². The van der Waals surface area contributed by atoms with Crippen molar-refractivity contribution in [3.8, 4) is 0 Å². The predicted molar refractivity (Wildman–Crippen MR) is 76.0 cm³/mol. The van der Waals surface area contributed by atoms with E-state index >= 15 is 0 Å². The van der Waals surface area contributed by atoms with E-state index < -0.39 is 5.97 Å². The highest BCUT2D eigenvalue weighted by Gasteiger charge is 2.25. The Morgan fingerprint density at radius 1 is 1.26 bits per heavy atom. The number of carboxylic acids is 1. The minimum Gasteiger partial charge on any atom is -0.478 e. The molecule has 0 fully saturated rings. The van der Waals surface area contributed by atoms with Crippen molar-refractivity contribution in [3.63, 3.8) is 0 Å². The lowest BCUT2D eigenvalue weighted by molar-refractivity contribution is -0.111. The Hall–Kier alpha value is -1.62. The second kappa shape index (κ2) is 5.57. The van der Waals surface area contributed by atoms with Gasteiger partial charge in [0.25, 0.3) is 0 Å². The van der Waals surface area contributed by atoms with Gasteiger partial charge in [0.2, 0.25) is 5.91 Å². The molecular formula is C14H17NO3S. The maximum atomic E-state index is 11.7. The molecule has 0 spiro atoms. The van der Waals surface area contributed by atoms with E-state index in [2.05, 4.69) is 5.32 Å². The number of rotatable bonds is 3. The van der Waals surface area contributed by atoms with Gasteiger partial charge in [-0.1, -0.05) is 5.57 Å². The van der Waals surface area contributed by atoms with Crippen LogP contribution in [0.15, 0.2) is 11.6 Å². The lowest BCUT2D eigenvalue weighted by atomic mass is 9.95. The van der Waals surface area contributed by atoms with Gasteiger partial charge in [-0.2, -0.15) is 0 Å². The zero-order chi connectivity index (χ0) is 14.0. The number of aromatic carboxylic acids is 1. The van der Waals surface area contributed by atoms with Crippen LogP contribution in [0.2, 0.25) is 0 Å². The maximum absolute atomic E-state index is 11.7. The molecule has 0 bridgehead atoms. The number of thiophene rings is 1. The fourth-order valence-electron chi connectivity index (χ4n) is 2.29. The molecule has 0 saturated carbocycles. The van der Waals surface area contributed by atoms with Crippen LogP contribution in [-0.2, 0) is 17.6 Å². The summed E-state index contributed by atoms with van der Waals surface area (Å²) in [6.45, 7) is 3.66. The molecule has 2 N–H and O–H groups in total. The largest absolute Gasteiger partial charge is 0.478 e. The van der Waals surface area contributed by atoms with Crippen LogP contribution in [0.25, 0.3) is 0 Å². The van der Waals surface area contributed by atoms with Crippen molar-refractivity contribution in [1.82, 2.24) is 0 Å². The molecule has 0 aromatic carbocycles. The van der Waals surface area contributed by atoms with E-state index in [1.165, 1.54) is 17.4 Å². The Kier molecular flexibility index (Phi) is 4.04. The number of amides is 1. The molecule has 102 valence electrons. The Morgan fingerprint density at radius 3 is 2.58 bits per heavy atom. The third-order valence-corrected chi connectivity index (χ3v) is 4.25. The molecule has 1 aromatic heterocycles. The summed E-state index contributed by atoms with van der Waals surface area (Å²) in [5.41, 5.74) is 2.09. The highest BCUT2D eigenvalue weighted by Crippen LogP contribution is 2.38. The van der Waals surface area contributed by atoms with E-state index in [1.807, 2.05) is 13.8 Å². The third kappa shape index (κ3) is 3.04. The number of nitrogens with one attached hydrogen (secondary N) is 1. The van der Waals surface area contributed by atoms with Crippen LogP contribution in [0, 0.1) is 0 Å². The number of carboxylic acid groups (broad SMARTS) is 1. The molecule has 1 aliphatic carbocycles. The summed E-state index contributed by atoms with van der Waals surface area (Å²) >= 11 is 1.40. The smallest absolute Gasteiger partial charge is 0.339 e. The van der Waals surface area contributed by atoms with E-state index in [9.17, 15) is 14.7 Å². The zero-order valence-corrected chi connectivity index (χ0v) is 11.9. The zero-order valence-electron chi connectivity index (χ0n) is 11.1. The van der Waals surface area contributed by atoms with Gasteiger partial charge in [-0.05, 0) is 45.1 Å². The van der Waals surface area contributed by atoms with Crippen molar-refractivity contribution >= 4 is 28.2 Å². The van der Waals surface area contributed by atoms with Gasteiger partial charge < -0.3 is 10.4 Å². The minimum absolute atomic E-state index is 0.263. The van der Waals surface area contributed by atoms with Crippen LogP contribution in [0.4, 0.5) is 5.00 Å². The monoisotopic (exact) mass is 279 g/mol. The standard InChI is InChI=1S/C14H17NO3S/c1-8(2)7-11(16)15-13-12(14(17)18)9-5-3-4-6-10(9)19-13/h7H,3-6H2,1-2H3,(H,15,16)(H,17,18). The van der Waals surface area contributed by atoms with Crippen molar-refractivity contribution in [1.29, 1.82) is 0 Å². The third-order valence-electron chi connectivity index (χ3n) is 3.04. The van der Waals surface area contributed by atoms with Crippen molar-refractivity contribution in [2.24, 2.45) is 0 Å². The van der Waals surface area contributed by atoms with Crippen LogP contribution in [-0.4, -0.2) is 17.0 Å². The summed E-state index contributed by atoms with van der Waals surface area (Å²) < 4.78 is 0. The summed E-state index contributed by atoms with van der Waals surface area (Å²) in [5.74, 6) is -1.21. The lowest BCUT2D eigenvalue weighted by Crippen LogP contribution is -2.12. The summed E-state index contributed by atoms with van der Waals surface area (Å²) in [6.07, 6.45) is 5.30. The average Bonchev–Trinajstić information content (AvgIpc) is 2.64. The highest BCUT2D eigenvalue weighted by molar-refractivity contribution is 7.17. The molecule has 0 saturated heterocycles. The highest BCUT2D eigenvalue weighted by atomic mass is 32.1. The molecule has 0 atom stereocenters. The van der Waals surface area contributed by atoms with Gasteiger partial charge in [-0.25, -0.2) is 4.79 Å². The predicted octanol–water partition coefficient (Wildman–Crippen LogP) is 3.23. The molecule has 0 unspecified atom stereocenters. The first-order valence-corrected chi connectivity index (χ1v) is 7.14. The lowest BCUT2D eigenvalue weighted by Gasteiger charge is -2.10. The number of aryl methyl sites for hydroxylation is 1. The number of allylic oxidation sites excluding steroid dienone is 1. The fraction of sp³-hybridized carbons (Fsp3) is 0.429. The first-order chi connectivity index (χ1) is 8.99. The Balaban J connectivity index is 2.35. The number of carbonyl (C=O) groups is 2. The quantitative estimate of drug-likeness (QED) is 0.835. The molecule has 4 nitrogen and oxygen atoms in total. The van der Waals surface area contributed by atoms with Gasteiger partial charge in [0, 0.05) is 11.0 Å². The molecule has 2 rings (SSSR count). The molecule has 19 heavy (non-hydrogen) atoms. The summed E-state index contributed by atoms with van der Waals surface area (Å²) in [6, 6.07) is 0. The summed E-state index contributed by atoms with van der Waals surface area (Å²) in [7, 11) is 0.